The summed E-state index contributed by atoms with van der Waals surface area (Å²) in [6.07, 6.45) is 1.91. The van der Waals surface area contributed by atoms with E-state index in [0.717, 1.165) is 17.4 Å². The summed E-state index contributed by atoms with van der Waals surface area (Å²) in [6, 6.07) is 10.3. The molecular weight excluding hydrogens is 224 g/mol. The first-order valence-electron chi connectivity index (χ1n) is 6.19. The minimum Gasteiger partial charge on any atom is -0.389 e. The molecule has 18 heavy (non-hydrogen) atoms. The van der Waals surface area contributed by atoms with Gasteiger partial charge in [-0.25, -0.2) is 0 Å². The zero-order chi connectivity index (χ0) is 13.2. The summed E-state index contributed by atoms with van der Waals surface area (Å²) in [7, 11) is 2.01. The van der Waals surface area contributed by atoms with Crippen molar-refractivity contribution in [1.29, 1.82) is 0 Å². The Labute approximate surface area is 108 Å². The Morgan fingerprint density at radius 2 is 2.00 bits per heavy atom. The van der Waals surface area contributed by atoms with E-state index in [1.165, 1.54) is 5.56 Å². The number of hydrogen-bond acceptors (Lipinski definition) is 3. The molecule has 0 unspecified atom stereocenters. The van der Waals surface area contributed by atoms with Crippen LogP contribution in [0.1, 0.15) is 19.4 Å². The summed E-state index contributed by atoms with van der Waals surface area (Å²) in [5, 5.41) is 10.9. The zero-order valence-corrected chi connectivity index (χ0v) is 11.2. The number of aromatic nitrogens is 1. The highest BCUT2D eigenvalue weighted by molar-refractivity contribution is 5.78. The van der Waals surface area contributed by atoms with E-state index in [0.29, 0.717) is 6.54 Å². The molecule has 0 saturated heterocycles. The molecule has 0 fully saturated rings. The Balaban J connectivity index is 2.12. The van der Waals surface area contributed by atoms with Crippen molar-refractivity contribution >= 4 is 10.9 Å². The third kappa shape index (κ3) is 3.52. The standard InChI is InChI=1S/C15H20N2O/c1-15(2,18)11-17(3)10-12-8-13-6-4-5-7-14(13)16-9-12/h4-9,18H,10-11H2,1-3H3. The van der Waals surface area contributed by atoms with Crippen molar-refractivity contribution in [3.05, 3.63) is 42.1 Å². The molecule has 1 aromatic heterocycles. The van der Waals surface area contributed by atoms with E-state index in [-0.39, 0.29) is 0 Å². The summed E-state index contributed by atoms with van der Waals surface area (Å²) in [6.45, 7) is 5.08. The molecule has 0 saturated carbocycles. The lowest BCUT2D eigenvalue weighted by Gasteiger charge is -2.25. The molecule has 0 radical (unpaired) electrons. The fourth-order valence-electron chi connectivity index (χ4n) is 2.23. The third-order valence-electron chi connectivity index (χ3n) is 2.76. The Bertz CT molecular complexity index is 531. The van der Waals surface area contributed by atoms with Crippen molar-refractivity contribution in [3.8, 4) is 0 Å². The highest BCUT2D eigenvalue weighted by Gasteiger charge is 2.15. The first kappa shape index (κ1) is 13.0. The summed E-state index contributed by atoms with van der Waals surface area (Å²) < 4.78 is 0. The molecule has 0 aliphatic rings. The van der Waals surface area contributed by atoms with Gasteiger partial charge in [-0.15, -0.1) is 0 Å². The van der Waals surface area contributed by atoms with E-state index < -0.39 is 5.60 Å². The van der Waals surface area contributed by atoms with Gasteiger partial charge in [0.1, 0.15) is 0 Å². The van der Waals surface area contributed by atoms with Gasteiger partial charge < -0.3 is 5.11 Å². The van der Waals surface area contributed by atoms with Crippen molar-refractivity contribution < 1.29 is 5.11 Å². The second-order valence-corrected chi connectivity index (χ2v) is 5.52. The smallest absolute Gasteiger partial charge is 0.0718 e. The van der Waals surface area contributed by atoms with Gasteiger partial charge in [-0.2, -0.15) is 0 Å². The van der Waals surface area contributed by atoms with Crippen LogP contribution in [0.25, 0.3) is 10.9 Å². The number of rotatable bonds is 4. The molecule has 2 aromatic rings. The second kappa shape index (κ2) is 5.04. The van der Waals surface area contributed by atoms with Gasteiger partial charge in [0.25, 0.3) is 0 Å². The molecule has 1 N–H and O–H groups in total. The Hall–Kier alpha value is -1.45. The lowest BCUT2D eigenvalue weighted by Crippen LogP contribution is -2.35. The average Bonchev–Trinajstić information content (AvgIpc) is 2.26. The number of para-hydroxylation sites is 1. The maximum absolute atomic E-state index is 9.78. The normalized spacial score (nSPS) is 12.3. The Morgan fingerprint density at radius 3 is 2.72 bits per heavy atom. The van der Waals surface area contributed by atoms with Crippen LogP contribution >= 0.6 is 0 Å². The number of pyridine rings is 1. The Kier molecular flexibility index (Phi) is 3.64. The number of benzene rings is 1. The van der Waals surface area contributed by atoms with Crippen LogP contribution in [-0.4, -0.2) is 34.2 Å². The van der Waals surface area contributed by atoms with E-state index in [2.05, 4.69) is 22.0 Å². The van der Waals surface area contributed by atoms with Crippen LogP contribution in [0.4, 0.5) is 0 Å². The SMILES string of the molecule is CN(Cc1cnc2ccccc2c1)CC(C)(C)O. The van der Waals surface area contributed by atoms with E-state index in [4.69, 9.17) is 0 Å². The zero-order valence-electron chi connectivity index (χ0n) is 11.2. The molecule has 3 heteroatoms. The van der Waals surface area contributed by atoms with Crippen LogP contribution in [0.2, 0.25) is 0 Å². The fraction of sp³-hybridized carbons (Fsp3) is 0.400. The quantitative estimate of drug-likeness (QED) is 0.897. The first-order chi connectivity index (χ1) is 8.44. The third-order valence-corrected chi connectivity index (χ3v) is 2.76. The molecule has 0 aliphatic heterocycles. The van der Waals surface area contributed by atoms with E-state index in [1.807, 2.05) is 45.3 Å². The van der Waals surface area contributed by atoms with Crippen LogP contribution in [-0.2, 0) is 6.54 Å². The van der Waals surface area contributed by atoms with E-state index >= 15 is 0 Å². The van der Waals surface area contributed by atoms with Crippen molar-refractivity contribution in [2.45, 2.75) is 26.0 Å². The van der Waals surface area contributed by atoms with Gasteiger partial charge in [-0.1, -0.05) is 18.2 Å². The fourth-order valence-corrected chi connectivity index (χ4v) is 2.23. The second-order valence-electron chi connectivity index (χ2n) is 5.52. The summed E-state index contributed by atoms with van der Waals surface area (Å²) >= 11 is 0. The highest BCUT2D eigenvalue weighted by atomic mass is 16.3. The van der Waals surface area contributed by atoms with Gasteiger partial charge in [-0.05, 0) is 38.6 Å². The summed E-state index contributed by atoms with van der Waals surface area (Å²) in [5.74, 6) is 0. The van der Waals surface area contributed by atoms with Gasteiger partial charge in [0.05, 0.1) is 11.1 Å². The maximum atomic E-state index is 9.78. The summed E-state index contributed by atoms with van der Waals surface area (Å²) in [4.78, 5) is 6.54. The van der Waals surface area contributed by atoms with Crippen molar-refractivity contribution in [3.63, 3.8) is 0 Å². The van der Waals surface area contributed by atoms with Gasteiger partial charge in [0, 0.05) is 24.7 Å². The molecule has 3 nitrogen and oxygen atoms in total. The Morgan fingerprint density at radius 1 is 1.28 bits per heavy atom. The largest absolute Gasteiger partial charge is 0.389 e. The van der Waals surface area contributed by atoms with Gasteiger partial charge in [0.15, 0.2) is 0 Å². The lowest BCUT2D eigenvalue weighted by atomic mass is 10.1. The average molecular weight is 244 g/mol. The predicted molar refractivity (Wildman–Crippen MR) is 74.4 cm³/mol. The van der Waals surface area contributed by atoms with Crippen LogP contribution < -0.4 is 0 Å². The predicted octanol–water partition coefficient (Wildman–Crippen LogP) is 2.44. The molecule has 0 bridgehead atoms. The molecular formula is C15H20N2O. The van der Waals surface area contributed by atoms with Crippen LogP contribution in [0.3, 0.4) is 0 Å². The van der Waals surface area contributed by atoms with Crippen LogP contribution in [0.15, 0.2) is 36.5 Å². The van der Waals surface area contributed by atoms with Crippen molar-refractivity contribution in [1.82, 2.24) is 9.88 Å². The molecule has 0 atom stereocenters. The number of hydrogen-bond donors (Lipinski definition) is 1. The van der Waals surface area contributed by atoms with Crippen LogP contribution in [0, 0.1) is 0 Å². The number of likely N-dealkylation sites (N-methyl/N-ethyl adjacent to an activating group) is 1. The minimum absolute atomic E-state index is 0.639. The molecule has 96 valence electrons. The molecule has 0 aliphatic carbocycles. The summed E-state index contributed by atoms with van der Waals surface area (Å²) in [5.41, 5.74) is 1.52. The minimum atomic E-state index is -0.668. The van der Waals surface area contributed by atoms with Crippen molar-refractivity contribution in [2.24, 2.45) is 0 Å². The van der Waals surface area contributed by atoms with Crippen molar-refractivity contribution in [2.75, 3.05) is 13.6 Å². The first-order valence-corrected chi connectivity index (χ1v) is 6.19. The monoisotopic (exact) mass is 244 g/mol. The lowest BCUT2D eigenvalue weighted by molar-refractivity contribution is 0.0425. The molecule has 0 spiro atoms. The number of nitrogens with zero attached hydrogens (tertiary/aromatic N) is 2. The van der Waals surface area contributed by atoms with Gasteiger partial charge in [0.2, 0.25) is 0 Å². The molecule has 2 rings (SSSR count). The van der Waals surface area contributed by atoms with Crippen LogP contribution in [0.5, 0.6) is 0 Å². The van der Waals surface area contributed by atoms with Gasteiger partial charge in [-0.3, -0.25) is 9.88 Å². The highest BCUT2D eigenvalue weighted by Crippen LogP contribution is 2.14. The topological polar surface area (TPSA) is 36.4 Å². The van der Waals surface area contributed by atoms with E-state index in [9.17, 15) is 5.11 Å². The van der Waals surface area contributed by atoms with Gasteiger partial charge >= 0.3 is 0 Å². The molecule has 1 heterocycles. The maximum Gasteiger partial charge on any atom is 0.0718 e. The number of fused-ring (bicyclic) bond motifs is 1. The number of aliphatic hydroxyl groups is 1. The molecule has 0 amide bonds. The molecule has 1 aromatic carbocycles. The van der Waals surface area contributed by atoms with E-state index in [1.54, 1.807) is 0 Å².